The molecule has 0 unspecified atom stereocenters. The summed E-state index contributed by atoms with van der Waals surface area (Å²) in [7, 11) is 0. The van der Waals surface area contributed by atoms with Crippen molar-refractivity contribution in [1.29, 1.82) is 5.26 Å². The van der Waals surface area contributed by atoms with Crippen LogP contribution in [0.1, 0.15) is 13.3 Å². The summed E-state index contributed by atoms with van der Waals surface area (Å²) in [5, 5.41) is 18.0. The molecule has 0 aliphatic rings. The van der Waals surface area contributed by atoms with Gasteiger partial charge in [0.1, 0.15) is 0 Å². The minimum atomic E-state index is -1.26. The number of nitrogens with zero attached hydrogens (tertiary/aromatic N) is 1. The van der Waals surface area contributed by atoms with E-state index >= 15 is 0 Å². The number of allylic oxidation sites excluding steroid dienone is 1. The Morgan fingerprint density at radius 2 is 2.44 bits per heavy atom. The van der Waals surface area contributed by atoms with Crippen LogP contribution in [0.25, 0.3) is 0 Å². The summed E-state index contributed by atoms with van der Waals surface area (Å²) in [6.45, 7) is 1.65. The maximum atomic E-state index is 9.99. The fraction of sp³-hybridized carbons (Fsp3) is 0.333. The number of carbonyl (C=O) groups is 1. The van der Waals surface area contributed by atoms with Crippen molar-refractivity contribution in [1.82, 2.24) is 0 Å². The monoisotopic (exact) mass is 124 g/mol. The molecule has 0 atom stereocenters. The Bertz CT molecular complexity index is 176. The van der Waals surface area contributed by atoms with Crippen LogP contribution in [0.5, 0.6) is 0 Å². The van der Waals surface area contributed by atoms with E-state index in [1.807, 2.05) is 0 Å². The zero-order valence-electron chi connectivity index (χ0n) is 5.05. The second-order valence-electron chi connectivity index (χ2n) is 1.44. The van der Waals surface area contributed by atoms with Gasteiger partial charge in [-0.1, -0.05) is 6.92 Å². The van der Waals surface area contributed by atoms with Crippen LogP contribution in [-0.4, -0.2) is 5.97 Å². The predicted molar refractivity (Wildman–Crippen MR) is 29.0 cm³/mol. The van der Waals surface area contributed by atoms with E-state index < -0.39 is 5.97 Å². The van der Waals surface area contributed by atoms with Crippen molar-refractivity contribution in [3.8, 4) is 6.07 Å². The van der Waals surface area contributed by atoms with Crippen molar-refractivity contribution in [2.45, 2.75) is 13.3 Å². The minimum Gasteiger partial charge on any atom is -0.545 e. The first-order valence-corrected chi connectivity index (χ1v) is 2.52. The number of carboxylic acid groups (broad SMARTS) is 1. The van der Waals surface area contributed by atoms with Crippen LogP contribution in [0.4, 0.5) is 0 Å². The molecule has 0 saturated carbocycles. The fourth-order valence-corrected chi connectivity index (χ4v) is 0.383. The molecule has 3 nitrogen and oxygen atoms in total. The van der Waals surface area contributed by atoms with Crippen LogP contribution in [0.2, 0.25) is 0 Å². The van der Waals surface area contributed by atoms with Crippen molar-refractivity contribution in [2.24, 2.45) is 0 Å². The molecule has 0 radical (unpaired) electrons. The van der Waals surface area contributed by atoms with Gasteiger partial charge < -0.3 is 9.90 Å². The molecule has 9 heavy (non-hydrogen) atoms. The highest BCUT2D eigenvalue weighted by atomic mass is 16.4. The molecule has 0 aromatic heterocycles. The second-order valence-corrected chi connectivity index (χ2v) is 1.44. The van der Waals surface area contributed by atoms with Crippen molar-refractivity contribution in [2.75, 3.05) is 0 Å². The maximum Gasteiger partial charge on any atom is 0.0915 e. The summed E-state index contributed by atoms with van der Waals surface area (Å²) >= 11 is 0. The van der Waals surface area contributed by atoms with Gasteiger partial charge in [0.2, 0.25) is 0 Å². The molecule has 0 N–H and O–H groups in total. The highest BCUT2D eigenvalue weighted by Crippen LogP contribution is 1.95. The first-order valence-electron chi connectivity index (χ1n) is 2.52. The highest BCUT2D eigenvalue weighted by molar-refractivity contribution is 5.85. The van der Waals surface area contributed by atoms with E-state index in [2.05, 4.69) is 0 Å². The molecular formula is C6H6NO2-. The SMILES string of the molecule is CC/C(=C/C#N)C(=O)[O-]. The molecule has 0 saturated heterocycles. The molecule has 0 aromatic rings. The molecule has 0 bridgehead atoms. The van der Waals surface area contributed by atoms with E-state index in [1.54, 1.807) is 13.0 Å². The Kier molecular flexibility index (Phi) is 3.14. The lowest BCUT2D eigenvalue weighted by Crippen LogP contribution is -2.23. The number of hydrogen-bond donors (Lipinski definition) is 0. The van der Waals surface area contributed by atoms with Crippen molar-refractivity contribution < 1.29 is 9.90 Å². The maximum absolute atomic E-state index is 9.99. The van der Waals surface area contributed by atoms with E-state index in [4.69, 9.17) is 5.26 Å². The zero-order chi connectivity index (χ0) is 7.28. The smallest absolute Gasteiger partial charge is 0.0915 e. The first-order chi connectivity index (χ1) is 4.22. The predicted octanol–water partition coefficient (Wildman–Crippen LogP) is -0.404. The third-order valence-corrected chi connectivity index (χ3v) is 0.882. The van der Waals surface area contributed by atoms with E-state index in [9.17, 15) is 9.90 Å². The molecule has 0 spiro atoms. The quantitative estimate of drug-likeness (QED) is 0.371. The van der Waals surface area contributed by atoms with E-state index in [0.717, 1.165) is 6.08 Å². The summed E-state index contributed by atoms with van der Waals surface area (Å²) in [6.07, 6.45) is 1.31. The number of hydrogen-bond acceptors (Lipinski definition) is 3. The minimum absolute atomic E-state index is 0.0394. The molecule has 0 rings (SSSR count). The molecular weight excluding hydrogens is 118 g/mol. The normalized spacial score (nSPS) is 10.4. The Hall–Kier alpha value is -1.30. The summed E-state index contributed by atoms with van der Waals surface area (Å²) in [6, 6.07) is 1.62. The zero-order valence-corrected chi connectivity index (χ0v) is 5.05. The van der Waals surface area contributed by atoms with Gasteiger partial charge in [-0.05, 0) is 12.0 Å². The number of rotatable bonds is 2. The third-order valence-electron chi connectivity index (χ3n) is 0.882. The van der Waals surface area contributed by atoms with Gasteiger partial charge in [-0.25, -0.2) is 0 Å². The van der Waals surface area contributed by atoms with Gasteiger partial charge in [0, 0.05) is 6.08 Å². The topological polar surface area (TPSA) is 63.9 Å². The number of carbonyl (C=O) groups excluding carboxylic acids is 1. The molecule has 0 aliphatic heterocycles. The fourth-order valence-electron chi connectivity index (χ4n) is 0.383. The largest absolute Gasteiger partial charge is 0.545 e. The van der Waals surface area contributed by atoms with Crippen LogP contribution in [0, 0.1) is 11.3 Å². The van der Waals surface area contributed by atoms with Gasteiger partial charge in [-0.15, -0.1) is 0 Å². The second kappa shape index (κ2) is 3.67. The summed E-state index contributed by atoms with van der Waals surface area (Å²) in [5.74, 6) is -1.26. The van der Waals surface area contributed by atoms with Crippen LogP contribution in [-0.2, 0) is 4.79 Å². The van der Waals surface area contributed by atoms with Crippen molar-refractivity contribution in [3.05, 3.63) is 11.6 Å². The van der Waals surface area contributed by atoms with Gasteiger partial charge in [-0.3, -0.25) is 0 Å². The van der Waals surface area contributed by atoms with Gasteiger partial charge in [0.15, 0.2) is 0 Å². The molecule has 0 amide bonds. The number of aliphatic carboxylic acids is 1. The summed E-state index contributed by atoms with van der Waals surface area (Å²) in [4.78, 5) is 9.99. The standard InChI is InChI=1S/C6H7NO2/c1-2-5(3-4-7)6(8)9/h3H,2H2,1H3,(H,8,9)/p-1/b5-3-. The van der Waals surface area contributed by atoms with Crippen molar-refractivity contribution in [3.63, 3.8) is 0 Å². The molecule has 0 heterocycles. The Labute approximate surface area is 53.2 Å². The lowest BCUT2D eigenvalue weighted by molar-refractivity contribution is -0.299. The average Bonchev–Trinajstić information content (AvgIpc) is 1.82. The number of nitriles is 1. The van der Waals surface area contributed by atoms with Gasteiger partial charge in [-0.2, -0.15) is 5.26 Å². The molecule has 0 aliphatic carbocycles. The lowest BCUT2D eigenvalue weighted by atomic mass is 10.2. The summed E-state index contributed by atoms with van der Waals surface area (Å²) < 4.78 is 0. The molecule has 0 aromatic carbocycles. The van der Waals surface area contributed by atoms with Crippen LogP contribution >= 0.6 is 0 Å². The van der Waals surface area contributed by atoms with E-state index in [1.165, 1.54) is 0 Å². The Balaban J connectivity index is 4.20. The van der Waals surface area contributed by atoms with E-state index in [0.29, 0.717) is 6.42 Å². The van der Waals surface area contributed by atoms with Gasteiger partial charge in [0.25, 0.3) is 0 Å². The number of carboxylic acids is 1. The lowest BCUT2D eigenvalue weighted by Gasteiger charge is -2.00. The van der Waals surface area contributed by atoms with Crippen LogP contribution in [0.15, 0.2) is 11.6 Å². The van der Waals surface area contributed by atoms with E-state index in [-0.39, 0.29) is 5.57 Å². The van der Waals surface area contributed by atoms with Gasteiger partial charge in [0.05, 0.1) is 12.0 Å². The summed E-state index contributed by atoms with van der Waals surface area (Å²) in [5.41, 5.74) is 0.0394. The molecule has 48 valence electrons. The highest BCUT2D eigenvalue weighted by Gasteiger charge is 1.90. The Morgan fingerprint density at radius 1 is 1.89 bits per heavy atom. The first kappa shape index (κ1) is 7.70. The average molecular weight is 124 g/mol. The third kappa shape index (κ3) is 2.50. The molecule has 3 heteroatoms. The van der Waals surface area contributed by atoms with Crippen LogP contribution < -0.4 is 5.11 Å². The Morgan fingerprint density at radius 3 is 2.56 bits per heavy atom. The van der Waals surface area contributed by atoms with Crippen LogP contribution in [0.3, 0.4) is 0 Å². The molecule has 0 fully saturated rings. The van der Waals surface area contributed by atoms with Gasteiger partial charge >= 0.3 is 0 Å². The van der Waals surface area contributed by atoms with Crippen molar-refractivity contribution >= 4 is 5.97 Å².